The van der Waals surface area contributed by atoms with Crippen molar-refractivity contribution in [3.8, 4) is 0 Å². The molecule has 1 fully saturated rings. The van der Waals surface area contributed by atoms with Crippen LogP contribution in [0.2, 0.25) is 5.02 Å². The second-order valence-electron chi connectivity index (χ2n) is 5.17. The summed E-state index contributed by atoms with van der Waals surface area (Å²) in [5.74, 6) is 0.703. The van der Waals surface area contributed by atoms with Gasteiger partial charge in [0.05, 0.1) is 12.1 Å². The molecule has 0 spiro atoms. The Morgan fingerprint density at radius 1 is 1.39 bits per heavy atom. The topological polar surface area (TPSA) is 41.6 Å². The lowest BCUT2D eigenvalue weighted by molar-refractivity contribution is 0.185. The highest BCUT2D eigenvalue weighted by Gasteiger charge is 2.48. The molecule has 1 aromatic rings. The summed E-state index contributed by atoms with van der Waals surface area (Å²) in [7, 11) is 0. The third-order valence-electron chi connectivity index (χ3n) is 4.09. The van der Waals surface area contributed by atoms with E-state index in [1.54, 1.807) is 0 Å². The van der Waals surface area contributed by atoms with Gasteiger partial charge < -0.3 is 10.6 Å². The lowest BCUT2D eigenvalue weighted by atomic mass is 9.86. The molecule has 1 aliphatic carbocycles. The monoisotopic (exact) mass is 263 g/mol. The predicted molar refractivity (Wildman–Crippen MR) is 74.8 cm³/mol. The fourth-order valence-electron chi connectivity index (χ4n) is 2.93. The summed E-state index contributed by atoms with van der Waals surface area (Å²) in [4.78, 5) is 6.82. The van der Waals surface area contributed by atoms with Crippen molar-refractivity contribution in [2.24, 2.45) is 10.7 Å². The number of hydrogen-bond acceptors (Lipinski definition) is 3. The molecule has 1 heterocycles. The van der Waals surface area contributed by atoms with Gasteiger partial charge in [0.2, 0.25) is 0 Å². The molecule has 4 heteroatoms. The smallest absolute Gasteiger partial charge is 0.192 e. The van der Waals surface area contributed by atoms with Crippen LogP contribution in [0.25, 0.3) is 0 Å². The van der Waals surface area contributed by atoms with Gasteiger partial charge in [0, 0.05) is 11.1 Å². The van der Waals surface area contributed by atoms with E-state index >= 15 is 0 Å². The Balaban J connectivity index is 2.01. The zero-order chi connectivity index (χ0) is 12.8. The molecule has 18 heavy (non-hydrogen) atoms. The second kappa shape index (κ2) is 4.16. The Morgan fingerprint density at radius 3 is 2.61 bits per heavy atom. The number of halogens is 1. The summed E-state index contributed by atoms with van der Waals surface area (Å²) in [6.45, 7) is 2.96. The zero-order valence-corrected chi connectivity index (χ0v) is 11.3. The van der Waals surface area contributed by atoms with Gasteiger partial charge >= 0.3 is 0 Å². The summed E-state index contributed by atoms with van der Waals surface area (Å²) in [5.41, 5.74) is 7.30. The van der Waals surface area contributed by atoms with E-state index in [-0.39, 0.29) is 5.54 Å². The van der Waals surface area contributed by atoms with E-state index in [0.717, 1.165) is 18.0 Å². The van der Waals surface area contributed by atoms with Crippen LogP contribution in [-0.2, 0) is 5.54 Å². The highest BCUT2D eigenvalue weighted by Crippen LogP contribution is 2.43. The molecule has 1 saturated carbocycles. The second-order valence-corrected chi connectivity index (χ2v) is 5.60. The lowest BCUT2D eigenvalue weighted by Gasteiger charge is -2.39. The van der Waals surface area contributed by atoms with Crippen molar-refractivity contribution in [3.63, 3.8) is 0 Å². The van der Waals surface area contributed by atoms with Crippen LogP contribution >= 0.6 is 11.6 Å². The van der Waals surface area contributed by atoms with E-state index in [1.807, 2.05) is 12.1 Å². The molecule has 2 aliphatic rings. The molecule has 2 N–H and O–H groups in total. The Hall–Kier alpha value is -1.22. The molecule has 0 bridgehead atoms. The van der Waals surface area contributed by atoms with Crippen molar-refractivity contribution in [1.82, 2.24) is 4.90 Å². The maximum atomic E-state index is 6.09. The van der Waals surface area contributed by atoms with Crippen LogP contribution in [-0.4, -0.2) is 23.4 Å². The number of benzene rings is 1. The van der Waals surface area contributed by atoms with Crippen molar-refractivity contribution in [2.45, 2.75) is 37.8 Å². The van der Waals surface area contributed by atoms with Crippen LogP contribution in [0, 0.1) is 0 Å². The Labute approximate surface area is 113 Å². The minimum atomic E-state index is -0.0597. The van der Waals surface area contributed by atoms with Gasteiger partial charge in [-0.3, -0.25) is 4.99 Å². The van der Waals surface area contributed by atoms with Gasteiger partial charge in [-0.25, -0.2) is 0 Å². The SMILES string of the molecule is CCC1(c2ccc(Cl)cc2)CN=C(N)N1C1CC1. The molecule has 1 aliphatic heterocycles. The summed E-state index contributed by atoms with van der Waals surface area (Å²) in [6.07, 6.45) is 3.46. The van der Waals surface area contributed by atoms with Crippen molar-refractivity contribution in [1.29, 1.82) is 0 Å². The van der Waals surface area contributed by atoms with Gasteiger partial charge in [-0.1, -0.05) is 30.7 Å². The summed E-state index contributed by atoms with van der Waals surface area (Å²) in [5, 5.41) is 0.773. The third-order valence-corrected chi connectivity index (χ3v) is 4.34. The maximum Gasteiger partial charge on any atom is 0.192 e. The summed E-state index contributed by atoms with van der Waals surface area (Å²) >= 11 is 5.98. The van der Waals surface area contributed by atoms with E-state index in [9.17, 15) is 0 Å². The van der Waals surface area contributed by atoms with Gasteiger partial charge in [0.25, 0.3) is 0 Å². The van der Waals surface area contributed by atoms with E-state index < -0.39 is 0 Å². The van der Waals surface area contributed by atoms with Crippen LogP contribution in [0.3, 0.4) is 0 Å². The van der Waals surface area contributed by atoms with Gasteiger partial charge in [-0.15, -0.1) is 0 Å². The average molecular weight is 264 g/mol. The Morgan fingerprint density at radius 2 is 2.06 bits per heavy atom. The summed E-state index contributed by atoms with van der Waals surface area (Å²) in [6, 6.07) is 8.69. The third kappa shape index (κ3) is 1.69. The first-order valence-corrected chi connectivity index (χ1v) is 6.90. The number of aliphatic imine (C=N–C) groups is 1. The van der Waals surface area contributed by atoms with Crippen LogP contribution < -0.4 is 5.73 Å². The highest BCUT2D eigenvalue weighted by molar-refractivity contribution is 6.30. The molecule has 96 valence electrons. The Kier molecular flexibility index (Phi) is 2.74. The first-order chi connectivity index (χ1) is 8.67. The molecule has 1 unspecified atom stereocenters. The van der Waals surface area contributed by atoms with Gasteiger partial charge in [0.1, 0.15) is 0 Å². The molecular formula is C14H18ClN3. The minimum Gasteiger partial charge on any atom is -0.370 e. The van der Waals surface area contributed by atoms with Gasteiger partial charge in [-0.05, 0) is 37.0 Å². The van der Waals surface area contributed by atoms with Gasteiger partial charge in [0.15, 0.2) is 5.96 Å². The minimum absolute atomic E-state index is 0.0597. The zero-order valence-electron chi connectivity index (χ0n) is 10.6. The quantitative estimate of drug-likeness (QED) is 0.911. The first kappa shape index (κ1) is 11.8. The van der Waals surface area contributed by atoms with Crippen molar-refractivity contribution < 1.29 is 0 Å². The van der Waals surface area contributed by atoms with E-state index in [0.29, 0.717) is 12.0 Å². The van der Waals surface area contributed by atoms with Crippen LogP contribution in [0.15, 0.2) is 29.3 Å². The van der Waals surface area contributed by atoms with Crippen molar-refractivity contribution in [2.75, 3.05) is 6.54 Å². The fourth-order valence-corrected chi connectivity index (χ4v) is 3.06. The largest absolute Gasteiger partial charge is 0.370 e. The normalized spacial score (nSPS) is 27.4. The van der Waals surface area contributed by atoms with Crippen molar-refractivity contribution in [3.05, 3.63) is 34.9 Å². The first-order valence-electron chi connectivity index (χ1n) is 6.52. The standard InChI is InChI=1S/C14H18ClN3/c1-2-14(10-3-5-11(15)6-4-10)9-17-13(16)18(14)12-7-8-12/h3-6,12H,2,7-9H2,1H3,(H2,16,17). The number of rotatable bonds is 3. The lowest BCUT2D eigenvalue weighted by Crippen LogP contribution is -2.50. The molecule has 0 saturated heterocycles. The molecular weight excluding hydrogens is 246 g/mol. The van der Waals surface area contributed by atoms with Crippen LogP contribution in [0.1, 0.15) is 31.7 Å². The van der Waals surface area contributed by atoms with Crippen LogP contribution in [0.4, 0.5) is 0 Å². The molecule has 1 aromatic carbocycles. The molecule has 3 rings (SSSR count). The molecule has 3 nitrogen and oxygen atoms in total. The van der Waals surface area contributed by atoms with E-state index in [2.05, 4.69) is 28.9 Å². The highest BCUT2D eigenvalue weighted by atomic mass is 35.5. The molecule has 1 atom stereocenters. The number of nitrogens with zero attached hydrogens (tertiary/aromatic N) is 2. The summed E-state index contributed by atoms with van der Waals surface area (Å²) < 4.78 is 0. The number of guanidine groups is 1. The number of hydrogen-bond donors (Lipinski definition) is 1. The van der Waals surface area contributed by atoms with Crippen LogP contribution in [0.5, 0.6) is 0 Å². The fraction of sp³-hybridized carbons (Fsp3) is 0.500. The van der Waals surface area contributed by atoms with Gasteiger partial charge in [-0.2, -0.15) is 0 Å². The number of nitrogens with two attached hydrogens (primary N) is 1. The average Bonchev–Trinajstić information content (AvgIpc) is 3.15. The molecule has 0 radical (unpaired) electrons. The van der Waals surface area contributed by atoms with Crippen molar-refractivity contribution >= 4 is 17.6 Å². The molecule has 0 aromatic heterocycles. The van der Waals surface area contributed by atoms with E-state index in [4.69, 9.17) is 17.3 Å². The molecule has 0 amide bonds. The predicted octanol–water partition coefficient (Wildman–Crippen LogP) is 2.74. The maximum absolute atomic E-state index is 6.09. The Bertz CT molecular complexity index is 478. The van der Waals surface area contributed by atoms with E-state index in [1.165, 1.54) is 18.4 Å².